The maximum absolute atomic E-state index is 11.9. The molecule has 110 valence electrons. The van der Waals surface area contributed by atoms with Crippen LogP contribution in [0.25, 0.3) is 0 Å². The van der Waals surface area contributed by atoms with E-state index in [2.05, 4.69) is 34.9 Å². The van der Waals surface area contributed by atoms with Crippen molar-refractivity contribution in [1.29, 1.82) is 0 Å². The van der Waals surface area contributed by atoms with Gasteiger partial charge in [-0.25, -0.2) is 0 Å². The van der Waals surface area contributed by atoms with Gasteiger partial charge in [0, 0.05) is 24.9 Å². The molecule has 2 aliphatic rings. The Balaban J connectivity index is 0.00000147. The van der Waals surface area contributed by atoms with Crippen molar-refractivity contribution >= 4 is 18.3 Å². The zero-order valence-corrected chi connectivity index (χ0v) is 12.5. The maximum atomic E-state index is 11.9. The lowest BCUT2D eigenvalue weighted by Gasteiger charge is -2.14. The lowest BCUT2D eigenvalue weighted by Crippen LogP contribution is -2.33. The van der Waals surface area contributed by atoms with E-state index in [0.29, 0.717) is 18.4 Å². The molecule has 1 amide bonds. The van der Waals surface area contributed by atoms with Crippen molar-refractivity contribution < 1.29 is 4.79 Å². The molecule has 0 aromatic heterocycles. The molecular formula is C16H23ClN2O. The first kappa shape index (κ1) is 15.3. The summed E-state index contributed by atoms with van der Waals surface area (Å²) in [6, 6.07) is 9.01. The van der Waals surface area contributed by atoms with Crippen LogP contribution >= 0.6 is 12.4 Å². The first-order chi connectivity index (χ1) is 9.33. The zero-order valence-electron chi connectivity index (χ0n) is 11.7. The molecule has 2 atom stereocenters. The number of fused-ring (bicyclic) bond motifs is 1. The van der Waals surface area contributed by atoms with Gasteiger partial charge in [0.2, 0.25) is 5.91 Å². The smallest absolute Gasteiger partial charge is 0.221 e. The third-order valence-corrected chi connectivity index (χ3v) is 4.40. The van der Waals surface area contributed by atoms with Crippen LogP contribution in [0, 0.1) is 0 Å². The zero-order chi connectivity index (χ0) is 13.1. The highest BCUT2D eigenvalue weighted by Gasteiger charge is 2.23. The van der Waals surface area contributed by atoms with Gasteiger partial charge in [0.05, 0.1) is 0 Å². The Hall–Kier alpha value is -1.06. The van der Waals surface area contributed by atoms with E-state index in [-0.39, 0.29) is 18.3 Å². The predicted molar refractivity (Wildman–Crippen MR) is 83.4 cm³/mol. The van der Waals surface area contributed by atoms with Crippen molar-refractivity contribution in [2.75, 3.05) is 13.1 Å². The fourth-order valence-electron chi connectivity index (χ4n) is 3.32. The average Bonchev–Trinajstić information content (AvgIpc) is 3.05. The summed E-state index contributed by atoms with van der Waals surface area (Å²) in [6.45, 7) is 1.86. The first-order valence-electron chi connectivity index (χ1n) is 7.41. The number of rotatable bonds is 4. The summed E-state index contributed by atoms with van der Waals surface area (Å²) in [5.41, 5.74) is 2.89. The van der Waals surface area contributed by atoms with Gasteiger partial charge in [0.25, 0.3) is 0 Å². The Morgan fingerprint density at radius 1 is 1.30 bits per heavy atom. The number of amides is 1. The van der Waals surface area contributed by atoms with E-state index in [0.717, 1.165) is 25.9 Å². The lowest BCUT2D eigenvalue weighted by atomic mass is 10.0. The topological polar surface area (TPSA) is 41.1 Å². The largest absolute Gasteiger partial charge is 0.355 e. The van der Waals surface area contributed by atoms with Crippen LogP contribution in [0.2, 0.25) is 0 Å². The van der Waals surface area contributed by atoms with Crippen molar-refractivity contribution in [2.24, 2.45) is 0 Å². The highest BCUT2D eigenvalue weighted by atomic mass is 35.5. The Morgan fingerprint density at radius 3 is 2.95 bits per heavy atom. The molecular weight excluding hydrogens is 272 g/mol. The van der Waals surface area contributed by atoms with Gasteiger partial charge in [-0.1, -0.05) is 24.3 Å². The summed E-state index contributed by atoms with van der Waals surface area (Å²) in [7, 11) is 0. The van der Waals surface area contributed by atoms with Gasteiger partial charge in [-0.15, -0.1) is 12.4 Å². The van der Waals surface area contributed by atoms with Gasteiger partial charge in [0.15, 0.2) is 0 Å². The van der Waals surface area contributed by atoms with Gasteiger partial charge in [0.1, 0.15) is 0 Å². The number of carbonyl (C=O) groups is 1. The van der Waals surface area contributed by atoms with Crippen LogP contribution < -0.4 is 10.6 Å². The van der Waals surface area contributed by atoms with Gasteiger partial charge < -0.3 is 10.6 Å². The molecule has 2 N–H and O–H groups in total. The van der Waals surface area contributed by atoms with E-state index in [9.17, 15) is 4.79 Å². The predicted octanol–water partition coefficient (Wildman–Crippen LogP) is 2.40. The molecule has 20 heavy (non-hydrogen) atoms. The van der Waals surface area contributed by atoms with Crippen LogP contribution in [-0.4, -0.2) is 25.0 Å². The Labute approximate surface area is 126 Å². The van der Waals surface area contributed by atoms with E-state index in [1.807, 2.05) is 0 Å². The molecule has 1 heterocycles. The fraction of sp³-hybridized carbons (Fsp3) is 0.562. The second-order valence-electron chi connectivity index (χ2n) is 5.74. The minimum atomic E-state index is 0. The van der Waals surface area contributed by atoms with Crippen molar-refractivity contribution in [1.82, 2.24) is 10.6 Å². The summed E-state index contributed by atoms with van der Waals surface area (Å²) >= 11 is 0. The van der Waals surface area contributed by atoms with E-state index in [4.69, 9.17) is 0 Å². The Kier molecular flexibility index (Phi) is 5.44. The van der Waals surface area contributed by atoms with Gasteiger partial charge in [-0.2, -0.15) is 0 Å². The van der Waals surface area contributed by atoms with Crippen molar-refractivity contribution in [3.8, 4) is 0 Å². The van der Waals surface area contributed by atoms with Crippen LogP contribution in [0.4, 0.5) is 0 Å². The molecule has 3 nitrogen and oxygen atoms in total. The molecule has 0 bridgehead atoms. The monoisotopic (exact) mass is 294 g/mol. The number of hydrogen-bond acceptors (Lipinski definition) is 2. The molecule has 0 saturated carbocycles. The molecule has 0 radical (unpaired) electrons. The highest BCUT2D eigenvalue weighted by molar-refractivity contribution is 5.85. The Bertz CT molecular complexity index is 458. The van der Waals surface area contributed by atoms with Gasteiger partial charge >= 0.3 is 0 Å². The molecule has 1 aromatic carbocycles. The van der Waals surface area contributed by atoms with Crippen LogP contribution in [-0.2, 0) is 11.2 Å². The minimum Gasteiger partial charge on any atom is -0.355 e. The molecule has 1 aromatic rings. The second-order valence-corrected chi connectivity index (χ2v) is 5.74. The highest BCUT2D eigenvalue weighted by Crippen LogP contribution is 2.32. The van der Waals surface area contributed by atoms with Crippen LogP contribution in [0.3, 0.4) is 0 Å². The summed E-state index contributed by atoms with van der Waals surface area (Å²) in [4.78, 5) is 11.9. The average molecular weight is 295 g/mol. The lowest BCUT2D eigenvalue weighted by molar-refractivity contribution is -0.121. The number of carbonyl (C=O) groups excluding carboxylic acids is 1. The summed E-state index contributed by atoms with van der Waals surface area (Å²) in [5, 5.41) is 6.48. The quantitative estimate of drug-likeness (QED) is 0.895. The SMILES string of the molecule is Cl.O=C(CC1CCCN1)NCC1CCc2ccccc21. The van der Waals surface area contributed by atoms with E-state index in [1.165, 1.54) is 24.0 Å². The van der Waals surface area contributed by atoms with Crippen LogP contribution in [0.5, 0.6) is 0 Å². The summed E-state index contributed by atoms with van der Waals surface area (Å²) in [5.74, 6) is 0.709. The number of halogens is 1. The summed E-state index contributed by atoms with van der Waals surface area (Å²) < 4.78 is 0. The molecule has 1 aliphatic carbocycles. The Morgan fingerprint density at radius 2 is 2.15 bits per heavy atom. The molecule has 4 heteroatoms. The van der Waals surface area contributed by atoms with Gasteiger partial charge in [-0.3, -0.25) is 4.79 Å². The third kappa shape index (κ3) is 3.53. The standard InChI is InChI=1S/C16H22N2O.ClH/c19-16(10-14-5-3-9-17-14)18-11-13-8-7-12-4-1-2-6-15(12)13;/h1-2,4,6,13-14,17H,3,5,7-11H2,(H,18,19);1H. The van der Waals surface area contributed by atoms with Crippen LogP contribution in [0.15, 0.2) is 24.3 Å². The molecule has 0 spiro atoms. The van der Waals surface area contributed by atoms with Crippen molar-refractivity contribution in [3.05, 3.63) is 35.4 Å². The van der Waals surface area contributed by atoms with E-state index >= 15 is 0 Å². The molecule has 3 rings (SSSR count). The number of nitrogens with one attached hydrogen (secondary N) is 2. The number of aryl methyl sites for hydroxylation is 1. The maximum Gasteiger partial charge on any atom is 0.221 e. The number of hydrogen-bond donors (Lipinski definition) is 2. The van der Waals surface area contributed by atoms with E-state index in [1.54, 1.807) is 0 Å². The van der Waals surface area contributed by atoms with Crippen LogP contribution in [0.1, 0.15) is 42.7 Å². The minimum absolute atomic E-state index is 0. The molecule has 2 unspecified atom stereocenters. The van der Waals surface area contributed by atoms with Crippen molar-refractivity contribution in [3.63, 3.8) is 0 Å². The fourth-order valence-corrected chi connectivity index (χ4v) is 3.32. The molecule has 1 saturated heterocycles. The summed E-state index contributed by atoms with van der Waals surface area (Å²) in [6.07, 6.45) is 5.30. The molecule has 1 aliphatic heterocycles. The van der Waals surface area contributed by atoms with Gasteiger partial charge in [-0.05, 0) is 43.4 Å². The van der Waals surface area contributed by atoms with Crippen molar-refractivity contribution in [2.45, 2.75) is 44.1 Å². The number of benzene rings is 1. The van der Waals surface area contributed by atoms with E-state index < -0.39 is 0 Å². The first-order valence-corrected chi connectivity index (χ1v) is 7.41. The second kappa shape index (κ2) is 7.09. The normalized spacial score (nSPS) is 24.0. The molecule has 1 fully saturated rings. The third-order valence-electron chi connectivity index (χ3n) is 4.40.